The number of hydrogen-bond donors (Lipinski definition) is 0. The molecule has 0 aliphatic rings. The van der Waals surface area contributed by atoms with Crippen LogP contribution < -0.4 is 0 Å². The average Bonchev–Trinajstić information content (AvgIpc) is 2.83. The van der Waals surface area contributed by atoms with Crippen molar-refractivity contribution >= 4 is 22.8 Å². The fourth-order valence-electron chi connectivity index (χ4n) is 2.81. The summed E-state index contributed by atoms with van der Waals surface area (Å²) in [5.74, 6) is 1.40. The summed E-state index contributed by atoms with van der Waals surface area (Å²) in [4.78, 5) is 9.27. The van der Waals surface area contributed by atoms with Crippen LogP contribution >= 0.6 is 11.6 Å². The topological polar surface area (TPSA) is 30.7 Å². The van der Waals surface area contributed by atoms with Gasteiger partial charge in [-0.1, -0.05) is 33.1 Å². The molecule has 1 atom stereocenters. The van der Waals surface area contributed by atoms with Gasteiger partial charge in [-0.25, -0.2) is 9.97 Å². The molecule has 0 amide bonds. The van der Waals surface area contributed by atoms with Gasteiger partial charge in [0.2, 0.25) is 0 Å². The van der Waals surface area contributed by atoms with Crippen LogP contribution in [-0.2, 0) is 5.88 Å². The molecule has 2 heterocycles. The molecule has 0 aromatic carbocycles. The third kappa shape index (κ3) is 2.98. The van der Waals surface area contributed by atoms with E-state index in [0.717, 1.165) is 23.4 Å². The van der Waals surface area contributed by atoms with Crippen molar-refractivity contribution in [3.8, 4) is 0 Å². The normalized spacial score (nSPS) is 13.0. The van der Waals surface area contributed by atoms with E-state index in [2.05, 4.69) is 30.3 Å². The third-order valence-corrected chi connectivity index (χ3v) is 4.09. The smallest absolute Gasteiger partial charge is 0.160 e. The second kappa shape index (κ2) is 7.07. The molecule has 2 aromatic rings. The molecule has 3 nitrogen and oxygen atoms in total. The van der Waals surface area contributed by atoms with E-state index in [-0.39, 0.29) is 0 Å². The van der Waals surface area contributed by atoms with Crippen molar-refractivity contribution in [2.75, 3.05) is 0 Å². The second-order valence-electron chi connectivity index (χ2n) is 5.42. The summed E-state index contributed by atoms with van der Waals surface area (Å²) < 4.78 is 2.29. The van der Waals surface area contributed by atoms with Crippen molar-refractivity contribution < 1.29 is 0 Å². The minimum Gasteiger partial charge on any atom is -0.309 e. The van der Waals surface area contributed by atoms with Gasteiger partial charge in [-0.2, -0.15) is 0 Å². The van der Waals surface area contributed by atoms with Gasteiger partial charge in [-0.3, -0.25) is 0 Å². The Kier molecular flexibility index (Phi) is 5.41. The molecule has 0 aliphatic carbocycles. The maximum absolute atomic E-state index is 6.12. The van der Waals surface area contributed by atoms with Gasteiger partial charge in [-0.05, 0) is 31.4 Å². The summed E-state index contributed by atoms with van der Waals surface area (Å²) >= 11 is 6.12. The molecule has 0 spiro atoms. The predicted molar refractivity (Wildman–Crippen MR) is 85.3 cm³/mol. The van der Waals surface area contributed by atoms with Gasteiger partial charge in [0.05, 0.1) is 5.88 Å². The van der Waals surface area contributed by atoms with E-state index < -0.39 is 0 Å². The molecule has 0 N–H and O–H groups in total. The Balaban J connectivity index is 2.51. The molecule has 0 aliphatic heterocycles. The third-order valence-electron chi connectivity index (χ3n) is 3.85. The maximum atomic E-state index is 6.12. The molecule has 0 fully saturated rings. The molecule has 20 heavy (non-hydrogen) atoms. The number of pyridine rings is 1. The van der Waals surface area contributed by atoms with Crippen LogP contribution in [0.15, 0.2) is 12.3 Å². The van der Waals surface area contributed by atoms with E-state index in [9.17, 15) is 0 Å². The molecular formula is C16H24ClN3. The number of hydrogen-bond acceptors (Lipinski definition) is 2. The van der Waals surface area contributed by atoms with Crippen molar-refractivity contribution in [1.29, 1.82) is 0 Å². The second-order valence-corrected chi connectivity index (χ2v) is 5.68. The first-order valence-electron chi connectivity index (χ1n) is 7.61. The molecule has 0 saturated carbocycles. The van der Waals surface area contributed by atoms with Crippen LogP contribution in [0.5, 0.6) is 0 Å². The van der Waals surface area contributed by atoms with E-state index in [0.29, 0.717) is 11.9 Å². The Labute approximate surface area is 126 Å². The highest BCUT2D eigenvalue weighted by atomic mass is 35.5. The zero-order valence-electron chi connectivity index (χ0n) is 12.7. The van der Waals surface area contributed by atoms with Gasteiger partial charge in [-0.15, -0.1) is 11.6 Å². The van der Waals surface area contributed by atoms with Gasteiger partial charge in [0.1, 0.15) is 11.3 Å². The maximum Gasteiger partial charge on any atom is 0.160 e. The summed E-state index contributed by atoms with van der Waals surface area (Å²) in [6.45, 7) is 6.55. The number of fused-ring (bicyclic) bond motifs is 1. The van der Waals surface area contributed by atoms with Crippen molar-refractivity contribution in [1.82, 2.24) is 14.5 Å². The van der Waals surface area contributed by atoms with Crippen LogP contribution in [0.3, 0.4) is 0 Å². The molecule has 4 heteroatoms. The Morgan fingerprint density at radius 2 is 2.05 bits per heavy atom. The number of aromatic nitrogens is 3. The minimum atomic E-state index is 0.447. The van der Waals surface area contributed by atoms with E-state index in [1.807, 2.05) is 12.3 Å². The zero-order chi connectivity index (χ0) is 14.5. The van der Waals surface area contributed by atoms with Crippen LogP contribution in [0, 0.1) is 6.92 Å². The number of nitrogens with zero attached hydrogens (tertiary/aromatic N) is 3. The van der Waals surface area contributed by atoms with Crippen LogP contribution in [-0.4, -0.2) is 14.5 Å². The Bertz CT molecular complexity index is 562. The molecule has 110 valence electrons. The van der Waals surface area contributed by atoms with Crippen LogP contribution in [0.2, 0.25) is 0 Å². The van der Waals surface area contributed by atoms with Gasteiger partial charge in [0.25, 0.3) is 0 Å². The lowest BCUT2D eigenvalue weighted by Crippen LogP contribution is -2.12. The van der Waals surface area contributed by atoms with Crippen molar-refractivity contribution in [2.24, 2.45) is 0 Å². The first-order valence-corrected chi connectivity index (χ1v) is 8.14. The van der Waals surface area contributed by atoms with Crippen molar-refractivity contribution in [3.63, 3.8) is 0 Å². The number of aryl methyl sites for hydroxylation is 1. The summed E-state index contributed by atoms with van der Waals surface area (Å²) in [5.41, 5.74) is 3.17. The molecule has 0 bridgehead atoms. The van der Waals surface area contributed by atoms with E-state index in [4.69, 9.17) is 16.6 Å². The van der Waals surface area contributed by atoms with Gasteiger partial charge < -0.3 is 4.57 Å². The summed E-state index contributed by atoms with van der Waals surface area (Å²) in [6.07, 6.45) is 7.83. The van der Waals surface area contributed by atoms with Crippen LogP contribution in [0.4, 0.5) is 0 Å². The molecule has 0 radical (unpaired) electrons. The lowest BCUT2D eigenvalue weighted by molar-refractivity contribution is 0.416. The van der Waals surface area contributed by atoms with Gasteiger partial charge in [0.15, 0.2) is 5.65 Å². The van der Waals surface area contributed by atoms with Crippen LogP contribution in [0.1, 0.15) is 63.4 Å². The van der Waals surface area contributed by atoms with Crippen LogP contribution in [0.25, 0.3) is 11.2 Å². The highest BCUT2D eigenvalue weighted by molar-refractivity contribution is 6.16. The largest absolute Gasteiger partial charge is 0.309 e. The number of unbranched alkanes of at least 4 members (excludes halogenated alkanes) is 1. The molecule has 2 aromatic heterocycles. The monoisotopic (exact) mass is 293 g/mol. The highest BCUT2D eigenvalue weighted by Gasteiger charge is 2.19. The Morgan fingerprint density at radius 1 is 1.25 bits per heavy atom. The standard InChI is InChI=1S/C16H24ClN3/c1-4-6-8-13(7-5-2)20-14(11-17)19-15-12(3)9-10-18-16(15)20/h9-10,13H,4-8,11H2,1-3H3. The van der Waals surface area contributed by atoms with E-state index >= 15 is 0 Å². The van der Waals surface area contributed by atoms with E-state index in [1.165, 1.54) is 31.2 Å². The summed E-state index contributed by atoms with van der Waals surface area (Å²) in [5, 5.41) is 0. The summed E-state index contributed by atoms with van der Waals surface area (Å²) in [6, 6.07) is 2.48. The number of imidazole rings is 1. The first kappa shape index (κ1) is 15.3. The fourth-order valence-corrected chi connectivity index (χ4v) is 3.00. The highest BCUT2D eigenvalue weighted by Crippen LogP contribution is 2.28. The lowest BCUT2D eigenvalue weighted by Gasteiger charge is -2.20. The number of rotatable bonds is 7. The first-order chi connectivity index (χ1) is 9.72. The van der Waals surface area contributed by atoms with Gasteiger partial charge in [0, 0.05) is 12.2 Å². The van der Waals surface area contributed by atoms with Crippen molar-refractivity contribution in [3.05, 3.63) is 23.7 Å². The number of alkyl halides is 1. The molecule has 2 rings (SSSR count). The van der Waals surface area contributed by atoms with Crippen molar-refractivity contribution in [2.45, 2.75) is 64.8 Å². The van der Waals surface area contributed by atoms with E-state index in [1.54, 1.807) is 0 Å². The summed E-state index contributed by atoms with van der Waals surface area (Å²) in [7, 11) is 0. The zero-order valence-corrected chi connectivity index (χ0v) is 13.5. The minimum absolute atomic E-state index is 0.447. The van der Waals surface area contributed by atoms with Gasteiger partial charge >= 0.3 is 0 Å². The SMILES string of the molecule is CCCCC(CCC)n1c(CCl)nc2c(C)ccnc21. The Morgan fingerprint density at radius 3 is 2.70 bits per heavy atom. The number of halogens is 1. The lowest BCUT2D eigenvalue weighted by atomic mass is 10.0. The average molecular weight is 294 g/mol. The molecule has 1 unspecified atom stereocenters. The predicted octanol–water partition coefficient (Wildman–Crippen LogP) is 5.01. The fraction of sp³-hybridized carbons (Fsp3) is 0.625. The molecule has 0 saturated heterocycles. The Hall–Kier alpha value is -1.09. The quantitative estimate of drug-likeness (QED) is 0.672. The molecular weight excluding hydrogens is 270 g/mol.